The van der Waals surface area contributed by atoms with E-state index in [1.165, 1.54) is 0 Å². The van der Waals surface area contributed by atoms with E-state index in [0.717, 1.165) is 17.5 Å². The van der Waals surface area contributed by atoms with Gasteiger partial charge in [0.15, 0.2) is 0 Å². The first-order valence-electron chi connectivity index (χ1n) is 7.79. The fourth-order valence-corrected chi connectivity index (χ4v) is 3.97. The minimum atomic E-state index is -3.48. The van der Waals surface area contributed by atoms with Crippen LogP contribution in [0.3, 0.4) is 0 Å². The summed E-state index contributed by atoms with van der Waals surface area (Å²) in [6, 6.07) is 16.9. The van der Waals surface area contributed by atoms with Crippen LogP contribution in [-0.4, -0.2) is 21.6 Å². The van der Waals surface area contributed by atoms with Gasteiger partial charge in [-0.25, -0.2) is 13.1 Å². The van der Waals surface area contributed by atoms with Crippen LogP contribution in [0.25, 0.3) is 0 Å². The highest BCUT2D eigenvalue weighted by Gasteiger charge is 2.30. The zero-order valence-electron chi connectivity index (χ0n) is 13.1. The first-order chi connectivity index (χ1) is 11.1. The molecule has 2 aromatic rings. The van der Waals surface area contributed by atoms with Crippen molar-refractivity contribution < 1.29 is 13.2 Å². The Morgan fingerprint density at radius 1 is 1.09 bits per heavy atom. The SMILES string of the molecule is Cc1ccc(S(=O)(=O)NCC2CCOC2c2ccccc2)cc1. The van der Waals surface area contributed by atoms with Gasteiger partial charge in [-0.15, -0.1) is 0 Å². The third kappa shape index (κ3) is 3.80. The molecule has 0 radical (unpaired) electrons. The zero-order chi connectivity index (χ0) is 16.3. The van der Waals surface area contributed by atoms with Crippen molar-refractivity contribution >= 4 is 10.0 Å². The Kier molecular flexibility index (Phi) is 4.80. The van der Waals surface area contributed by atoms with E-state index in [2.05, 4.69) is 4.72 Å². The van der Waals surface area contributed by atoms with Crippen molar-refractivity contribution in [2.45, 2.75) is 24.3 Å². The molecule has 3 rings (SSSR count). The van der Waals surface area contributed by atoms with Crippen LogP contribution in [0.4, 0.5) is 0 Å². The van der Waals surface area contributed by atoms with Gasteiger partial charge < -0.3 is 4.74 Å². The van der Waals surface area contributed by atoms with Gasteiger partial charge in [0.1, 0.15) is 0 Å². The van der Waals surface area contributed by atoms with Gasteiger partial charge >= 0.3 is 0 Å². The fourth-order valence-electron chi connectivity index (χ4n) is 2.87. The quantitative estimate of drug-likeness (QED) is 0.916. The minimum absolute atomic E-state index is 0.0445. The Morgan fingerprint density at radius 2 is 1.78 bits per heavy atom. The van der Waals surface area contributed by atoms with Crippen molar-refractivity contribution in [3.05, 3.63) is 65.7 Å². The Hall–Kier alpha value is -1.69. The predicted octanol–water partition coefficient (Wildman–Crippen LogP) is 3.05. The van der Waals surface area contributed by atoms with Crippen LogP contribution < -0.4 is 4.72 Å². The molecule has 1 N–H and O–H groups in total. The molecule has 2 atom stereocenters. The highest BCUT2D eigenvalue weighted by atomic mass is 32.2. The summed E-state index contributed by atoms with van der Waals surface area (Å²) in [6.45, 7) is 2.98. The van der Waals surface area contributed by atoms with E-state index in [4.69, 9.17) is 4.74 Å². The summed E-state index contributed by atoms with van der Waals surface area (Å²) in [7, 11) is -3.48. The summed E-state index contributed by atoms with van der Waals surface area (Å²) in [5.41, 5.74) is 2.14. The standard InChI is InChI=1S/C18H21NO3S/c1-14-7-9-17(10-8-14)23(20,21)19-13-16-11-12-22-18(16)15-5-3-2-4-6-15/h2-10,16,18-19H,11-13H2,1H3. The minimum Gasteiger partial charge on any atom is -0.373 e. The fraction of sp³-hybridized carbons (Fsp3) is 0.333. The number of benzene rings is 2. The Balaban J connectivity index is 1.68. The van der Waals surface area contributed by atoms with Crippen LogP contribution >= 0.6 is 0 Å². The molecule has 1 fully saturated rings. The molecule has 0 aromatic heterocycles. The summed E-state index contributed by atoms with van der Waals surface area (Å²) in [6.07, 6.45) is 0.813. The second-order valence-corrected chi connectivity index (χ2v) is 7.68. The van der Waals surface area contributed by atoms with Crippen molar-refractivity contribution in [2.75, 3.05) is 13.2 Å². The van der Waals surface area contributed by atoms with Crippen LogP contribution in [0.5, 0.6) is 0 Å². The summed E-state index contributed by atoms with van der Waals surface area (Å²) in [5.74, 6) is 0.151. The normalized spacial score (nSPS) is 21.4. The Bertz CT molecular complexity index is 742. The van der Waals surface area contributed by atoms with Gasteiger partial charge in [-0.1, -0.05) is 48.0 Å². The molecule has 122 valence electrons. The lowest BCUT2D eigenvalue weighted by Crippen LogP contribution is -2.30. The monoisotopic (exact) mass is 331 g/mol. The van der Waals surface area contributed by atoms with Crippen LogP contribution in [0.15, 0.2) is 59.5 Å². The Labute approximate surface area is 137 Å². The largest absolute Gasteiger partial charge is 0.373 e. The van der Waals surface area contributed by atoms with E-state index in [1.54, 1.807) is 24.3 Å². The van der Waals surface area contributed by atoms with Gasteiger partial charge in [-0.2, -0.15) is 0 Å². The number of hydrogen-bond donors (Lipinski definition) is 1. The smallest absolute Gasteiger partial charge is 0.240 e. The number of nitrogens with one attached hydrogen (secondary N) is 1. The molecule has 0 saturated carbocycles. The molecule has 5 heteroatoms. The van der Waals surface area contributed by atoms with Gasteiger partial charge in [0.25, 0.3) is 0 Å². The van der Waals surface area contributed by atoms with Crippen molar-refractivity contribution in [3.63, 3.8) is 0 Å². The molecule has 23 heavy (non-hydrogen) atoms. The molecular formula is C18H21NO3S. The van der Waals surface area contributed by atoms with E-state index < -0.39 is 10.0 Å². The topological polar surface area (TPSA) is 55.4 Å². The van der Waals surface area contributed by atoms with Crippen molar-refractivity contribution in [2.24, 2.45) is 5.92 Å². The average molecular weight is 331 g/mol. The highest BCUT2D eigenvalue weighted by molar-refractivity contribution is 7.89. The molecular weight excluding hydrogens is 310 g/mol. The summed E-state index contributed by atoms with van der Waals surface area (Å²) >= 11 is 0. The lowest BCUT2D eigenvalue weighted by molar-refractivity contribution is 0.0917. The van der Waals surface area contributed by atoms with Crippen LogP contribution in [0.2, 0.25) is 0 Å². The third-order valence-electron chi connectivity index (χ3n) is 4.21. The number of ether oxygens (including phenoxy) is 1. The van der Waals surface area contributed by atoms with Crippen molar-refractivity contribution in [1.29, 1.82) is 0 Å². The summed E-state index contributed by atoms with van der Waals surface area (Å²) < 4.78 is 33.3. The molecule has 1 heterocycles. The third-order valence-corrected chi connectivity index (χ3v) is 5.65. The molecule has 1 aliphatic rings. The van der Waals surface area contributed by atoms with Gasteiger partial charge in [0.05, 0.1) is 11.0 Å². The first kappa shape index (κ1) is 16.2. The summed E-state index contributed by atoms with van der Waals surface area (Å²) in [5, 5.41) is 0. The van der Waals surface area contributed by atoms with Crippen LogP contribution in [0.1, 0.15) is 23.7 Å². The first-order valence-corrected chi connectivity index (χ1v) is 9.27. The van der Waals surface area contributed by atoms with Crippen molar-refractivity contribution in [1.82, 2.24) is 4.72 Å². The molecule has 4 nitrogen and oxygen atoms in total. The second kappa shape index (κ2) is 6.83. The molecule has 2 unspecified atom stereocenters. The van der Waals surface area contributed by atoms with Crippen LogP contribution in [0, 0.1) is 12.8 Å². The van der Waals surface area contributed by atoms with Gasteiger partial charge in [-0.3, -0.25) is 0 Å². The number of aryl methyl sites for hydroxylation is 1. The van der Waals surface area contributed by atoms with Gasteiger partial charge in [-0.05, 0) is 31.0 Å². The second-order valence-electron chi connectivity index (χ2n) is 5.92. The van der Waals surface area contributed by atoms with E-state index in [9.17, 15) is 8.42 Å². The van der Waals surface area contributed by atoms with E-state index >= 15 is 0 Å². The Morgan fingerprint density at radius 3 is 2.48 bits per heavy atom. The maximum absolute atomic E-state index is 12.4. The van der Waals surface area contributed by atoms with Crippen molar-refractivity contribution in [3.8, 4) is 0 Å². The molecule has 0 amide bonds. The van der Waals surface area contributed by atoms with E-state index in [0.29, 0.717) is 18.0 Å². The summed E-state index contributed by atoms with van der Waals surface area (Å²) in [4.78, 5) is 0.304. The van der Waals surface area contributed by atoms with E-state index in [1.807, 2.05) is 37.3 Å². The number of hydrogen-bond acceptors (Lipinski definition) is 3. The van der Waals surface area contributed by atoms with Crippen LogP contribution in [-0.2, 0) is 14.8 Å². The van der Waals surface area contributed by atoms with Gasteiger partial charge in [0.2, 0.25) is 10.0 Å². The van der Waals surface area contributed by atoms with Gasteiger partial charge in [0, 0.05) is 19.1 Å². The average Bonchev–Trinajstić information content (AvgIpc) is 3.03. The zero-order valence-corrected chi connectivity index (χ0v) is 13.9. The van der Waals surface area contributed by atoms with E-state index in [-0.39, 0.29) is 12.0 Å². The molecule has 0 spiro atoms. The number of sulfonamides is 1. The molecule has 1 saturated heterocycles. The lowest BCUT2D eigenvalue weighted by Gasteiger charge is -2.19. The lowest BCUT2D eigenvalue weighted by atomic mass is 9.96. The molecule has 0 bridgehead atoms. The molecule has 0 aliphatic carbocycles. The number of rotatable bonds is 5. The molecule has 1 aliphatic heterocycles. The molecule has 2 aromatic carbocycles. The maximum atomic E-state index is 12.4. The predicted molar refractivity (Wildman–Crippen MR) is 89.6 cm³/mol. The maximum Gasteiger partial charge on any atom is 0.240 e. The highest BCUT2D eigenvalue weighted by Crippen LogP contribution is 2.34.